The third-order valence-corrected chi connectivity index (χ3v) is 5.49. The lowest BCUT2D eigenvalue weighted by atomic mass is 10.1. The van der Waals surface area contributed by atoms with E-state index in [-0.39, 0.29) is 17.6 Å². The summed E-state index contributed by atoms with van der Waals surface area (Å²) in [5, 5.41) is 0.539. The van der Waals surface area contributed by atoms with Crippen LogP contribution in [-0.2, 0) is 4.74 Å². The maximum atomic E-state index is 12.9. The van der Waals surface area contributed by atoms with E-state index in [2.05, 4.69) is 13.8 Å². The van der Waals surface area contributed by atoms with Crippen molar-refractivity contribution >= 4 is 11.0 Å². The van der Waals surface area contributed by atoms with Crippen LogP contribution in [0.15, 0.2) is 57.9 Å². The molecule has 6 nitrogen and oxygen atoms in total. The van der Waals surface area contributed by atoms with Gasteiger partial charge in [-0.15, -0.1) is 0 Å². The van der Waals surface area contributed by atoms with Crippen LogP contribution in [0.1, 0.15) is 13.8 Å². The van der Waals surface area contributed by atoms with Crippen LogP contribution in [0.5, 0.6) is 11.5 Å². The van der Waals surface area contributed by atoms with Gasteiger partial charge in [0.25, 0.3) is 0 Å². The third-order valence-electron chi connectivity index (χ3n) is 5.49. The highest BCUT2D eigenvalue weighted by Gasteiger charge is 2.25. The molecule has 1 N–H and O–H groups in total. The normalized spacial score (nSPS) is 21.5. The van der Waals surface area contributed by atoms with E-state index in [0.717, 1.165) is 30.9 Å². The van der Waals surface area contributed by atoms with Gasteiger partial charge in [-0.25, -0.2) is 0 Å². The van der Waals surface area contributed by atoms with E-state index in [1.165, 1.54) is 11.2 Å². The second-order valence-electron chi connectivity index (χ2n) is 7.88. The van der Waals surface area contributed by atoms with Crippen molar-refractivity contribution in [3.8, 4) is 22.6 Å². The molecule has 0 bridgehead atoms. The van der Waals surface area contributed by atoms with Crippen LogP contribution in [0.4, 0.5) is 0 Å². The van der Waals surface area contributed by atoms with Gasteiger partial charge in [-0.2, -0.15) is 0 Å². The maximum absolute atomic E-state index is 12.9. The number of fused-ring (bicyclic) bond motifs is 1. The molecule has 2 aromatic carbocycles. The van der Waals surface area contributed by atoms with Crippen molar-refractivity contribution in [2.75, 3.05) is 33.4 Å². The van der Waals surface area contributed by atoms with Gasteiger partial charge in [0.15, 0.2) is 5.43 Å². The van der Waals surface area contributed by atoms with E-state index in [9.17, 15) is 4.79 Å². The zero-order valence-corrected chi connectivity index (χ0v) is 17.6. The molecular formula is C24H28NO5+. The molecule has 6 heteroatoms. The van der Waals surface area contributed by atoms with Crippen molar-refractivity contribution in [3.05, 3.63) is 59.0 Å². The predicted octanol–water partition coefficient (Wildman–Crippen LogP) is 2.54. The predicted molar refractivity (Wildman–Crippen MR) is 116 cm³/mol. The van der Waals surface area contributed by atoms with Gasteiger partial charge in [0.2, 0.25) is 0 Å². The molecule has 3 atom stereocenters. The average molecular weight is 410 g/mol. The Labute approximate surface area is 176 Å². The summed E-state index contributed by atoms with van der Waals surface area (Å²) in [5.74, 6) is 1.45. The number of hydrogen-bond donors (Lipinski definition) is 1. The number of benzene rings is 2. The maximum Gasteiger partial charge on any atom is 0.200 e. The van der Waals surface area contributed by atoms with Crippen molar-refractivity contribution in [2.45, 2.75) is 26.1 Å². The number of quaternary nitrogens is 1. The van der Waals surface area contributed by atoms with Crippen LogP contribution in [0.3, 0.4) is 0 Å². The molecule has 0 saturated carbocycles. The minimum atomic E-state index is -0.0614. The smallest absolute Gasteiger partial charge is 0.200 e. The first kappa shape index (κ1) is 20.4. The van der Waals surface area contributed by atoms with Gasteiger partial charge in [0.05, 0.1) is 18.1 Å². The topological polar surface area (TPSA) is 62.3 Å². The molecule has 0 radical (unpaired) electrons. The zero-order chi connectivity index (χ0) is 21.1. The van der Waals surface area contributed by atoms with Gasteiger partial charge < -0.3 is 23.5 Å². The van der Waals surface area contributed by atoms with E-state index < -0.39 is 0 Å². The summed E-state index contributed by atoms with van der Waals surface area (Å²) in [6, 6.07) is 12.7. The van der Waals surface area contributed by atoms with Gasteiger partial charge in [0, 0.05) is 6.07 Å². The Morgan fingerprint density at radius 1 is 1.03 bits per heavy atom. The summed E-state index contributed by atoms with van der Waals surface area (Å²) in [4.78, 5) is 14.4. The molecule has 1 aliphatic rings. The van der Waals surface area contributed by atoms with E-state index in [0.29, 0.717) is 28.9 Å². The summed E-state index contributed by atoms with van der Waals surface area (Å²) >= 11 is 0. The number of morpholine rings is 1. The quantitative estimate of drug-likeness (QED) is 0.677. The van der Waals surface area contributed by atoms with Crippen molar-refractivity contribution in [3.63, 3.8) is 0 Å². The van der Waals surface area contributed by atoms with Crippen molar-refractivity contribution in [1.82, 2.24) is 0 Å². The molecule has 2 heterocycles. The van der Waals surface area contributed by atoms with Crippen LogP contribution in [-0.4, -0.2) is 45.6 Å². The molecule has 4 rings (SSSR count). The Morgan fingerprint density at radius 2 is 1.73 bits per heavy atom. The second kappa shape index (κ2) is 8.90. The molecule has 1 fully saturated rings. The highest BCUT2D eigenvalue weighted by Crippen LogP contribution is 2.24. The summed E-state index contributed by atoms with van der Waals surface area (Å²) in [7, 11) is 1.61. The van der Waals surface area contributed by atoms with E-state index in [1.54, 1.807) is 19.2 Å². The first-order chi connectivity index (χ1) is 14.5. The Hall–Kier alpha value is -2.83. The molecular weight excluding hydrogens is 382 g/mol. The molecule has 0 amide bonds. The summed E-state index contributed by atoms with van der Waals surface area (Å²) in [5.41, 5.74) is 1.78. The van der Waals surface area contributed by atoms with E-state index >= 15 is 0 Å². The Morgan fingerprint density at radius 3 is 2.43 bits per heavy atom. The molecule has 1 aliphatic heterocycles. The molecule has 3 aromatic rings. The summed E-state index contributed by atoms with van der Waals surface area (Å²) < 4.78 is 22.7. The first-order valence-corrected chi connectivity index (χ1v) is 10.4. The second-order valence-corrected chi connectivity index (χ2v) is 7.88. The van der Waals surface area contributed by atoms with E-state index in [4.69, 9.17) is 18.6 Å². The molecule has 1 unspecified atom stereocenters. The van der Waals surface area contributed by atoms with E-state index in [1.807, 2.05) is 30.3 Å². The number of rotatable bonds is 6. The fourth-order valence-corrected chi connectivity index (χ4v) is 4.07. The number of nitrogens with one attached hydrogen (secondary N) is 1. The molecule has 30 heavy (non-hydrogen) atoms. The van der Waals surface area contributed by atoms with Gasteiger partial charge in [0.1, 0.15) is 61.8 Å². The molecule has 1 saturated heterocycles. The van der Waals surface area contributed by atoms with Gasteiger partial charge >= 0.3 is 0 Å². The lowest BCUT2D eigenvalue weighted by Gasteiger charge is -2.32. The molecule has 158 valence electrons. The van der Waals surface area contributed by atoms with Gasteiger partial charge in [-0.3, -0.25) is 4.79 Å². The van der Waals surface area contributed by atoms with Crippen molar-refractivity contribution < 1.29 is 23.5 Å². The van der Waals surface area contributed by atoms with Crippen LogP contribution < -0.4 is 19.8 Å². The molecule has 0 aliphatic carbocycles. The third kappa shape index (κ3) is 4.50. The minimum absolute atomic E-state index is 0.0614. The van der Waals surface area contributed by atoms with Crippen LogP contribution in [0.2, 0.25) is 0 Å². The van der Waals surface area contributed by atoms with Crippen LogP contribution in [0.25, 0.3) is 22.1 Å². The SMILES string of the molecule is COc1ccc(-c2coc3cc(OCC[NH+]4C[C@@H](C)O[C@@H](C)C4)ccc3c2=O)cc1. The number of hydrogen-bond acceptors (Lipinski definition) is 5. The molecule has 1 aromatic heterocycles. The fraction of sp³-hybridized carbons (Fsp3) is 0.375. The van der Waals surface area contributed by atoms with Crippen molar-refractivity contribution in [1.29, 1.82) is 0 Å². The summed E-state index contributed by atoms with van der Waals surface area (Å²) in [6.45, 7) is 7.73. The number of ether oxygens (including phenoxy) is 3. The van der Waals surface area contributed by atoms with Gasteiger partial charge in [-0.1, -0.05) is 12.1 Å². The Kier molecular flexibility index (Phi) is 6.06. The minimum Gasteiger partial charge on any atom is -0.497 e. The standard InChI is InChI=1S/C24H27NO5/c1-16-13-25(14-17(2)30-16)10-11-28-20-8-9-21-23(12-20)29-15-22(24(21)26)18-4-6-19(27-3)7-5-18/h4-9,12,15-17H,10-11,13-14H2,1-3H3/p+1/t16-,17+. The van der Waals surface area contributed by atoms with Gasteiger partial charge in [-0.05, 0) is 43.7 Å². The lowest BCUT2D eigenvalue weighted by molar-refractivity contribution is -0.915. The molecule has 0 spiro atoms. The van der Waals surface area contributed by atoms with Crippen molar-refractivity contribution in [2.24, 2.45) is 0 Å². The Bertz CT molecular complexity index is 1050. The van der Waals surface area contributed by atoms with Crippen LogP contribution in [0, 0.1) is 0 Å². The largest absolute Gasteiger partial charge is 0.497 e. The fourth-order valence-electron chi connectivity index (χ4n) is 4.07. The number of methoxy groups -OCH3 is 1. The summed E-state index contributed by atoms with van der Waals surface area (Å²) in [6.07, 6.45) is 2.06. The highest BCUT2D eigenvalue weighted by molar-refractivity contribution is 5.82. The average Bonchev–Trinajstić information content (AvgIpc) is 2.73. The van der Waals surface area contributed by atoms with Crippen LogP contribution >= 0.6 is 0 Å². The first-order valence-electron chi connectivity index (χ1n) is 10.4. The lowest BCUT2D eigenvalue weighted by Crippen LogP contribution is -3.16. The zero-order valence-electron chi connectivity index (χ0n) is 17.6. The monoisotopic (exact) mass is 410 g/mol. The highest BCUT2D eigenvalue weighted by atomic mass is 16.5. The Balaban J connectivity index is 1.46.